The van der Waals surface area contributed by atoms with Crippen LogP contribution in [0.1, 0.15) is 6.92 Å². The molecular weight excluding hydrogens is 271 g/mol. The molecule has 0 aromatic carbocycles. The minimum Gasteiger partial charge on any atom is -0.480 e. The van der Waals surface area contributed by atoms with Crippen molar-refractivity contribution in [1.82, 2.24) is 0 Å². The topological polar surface area (TPSA) is 74.6 Å². The normalized spacial score (nSPS) is 30.5. The number of alkyl halides is 2. The minimum absolute atomic E-state index is 0.214. The van der Waals surface area contributed by atoms with E-state index in [1.54, 1.807) is 0 Å². The van der Waals surface area contributed by atoms with Gasteiger partial charge in [0.25, 0.3) is 0 Å². The molecule has 4 nitrogen and oxygen atoms in total. The van der Waals surface area contributed by atoms with Crippen LogP contribution in [-0.4, -0.2) is 32.6 Å². The van der Waals surface area contributed by atoms with E-state index in [2.05, 4.69) is 15.9 Å². The predicted molar refractivity (Wildman–Crippen MR) is 53.7 cm³/mol. The average molecular weight is 279 g/mol. The predicted octanol–water partition coefficient (Wildman–Crippen LogP) is 1.51. The van der Waals surface area contributed by atoms with Crippen LogP contribution < -0.4 is 0 Å². The smallest absolute Gasteiger partial charge is 0.334 e. The maximum Gasteiger partial charge on any atom is 0.334 e. The summed E-state index contributed by atoms with van der Waals surface area (Å²) < 4.78 is 11.7. The van der Waals surface area contributed by atoms with E-state index in [9.17, 15) is 14.0 Å². The third-order valence-corrected chi connectivity index (χ3v) is 3.19. The maximum atomic E-state index is 13.7. The molecule has 15 heavy (non-hydrogen) atoms. The molecule has 0 saturated heterocycles. The van der Waals surface area contributed by atoms with Crippen LogP contribution >= 0.6 is 15.9 Å². The summed E-state index contributed by atoms with van der Waals surface area (Å²) in [7, 11) is 0. The van der Waals surface area contributed by atoms with Gasteiger partial charge in [-0.05, 0) is 12.5 Å². The van der Waals surface area contributed by atoms with E-state index >= 15 is 0 Å². The molecule has 82 valence electrons. The lowest BCUT2D eigenvalue weighted by Crippen LogP contribution is -2.44. The number of carbonyl (C=O) groups is 2. The van der Waals surface area contributed by atoms with Crippen molar-refractivity contribution in [3.05, 3.63) is 23.3 Å². The molecule has 0 spiro atoms. The van der Waals surface area contributed by atoms with Crippen molar-refractivity contribution in [2.24, 2.45) is 0 Å². The molecule has 0 amide bonds. The SMILES string of the molecule is CC1=C(C(=O)O)C(F)C(Br)(C(=O)O)C=C1. The number of rotatable bonds is 2. The molecule has 0 saturated carbocycles. The third kappa shape index (κ3) is 1.81. The Morgan fingerprint density at radius 3 is 2.47 bits per heavy atom. The van der Waals surface area contributed by atoms with Crippen LogP contribution in [0.4, 0.5) is 4.39 Å². The van der Waals surface area contributed by atoms with Crippen LogP contribution in [0.3, 0.4) is 0 Å². The van der Waals surface area contributed by atoms with Gasteiger partial charge < -0.3 is 10.2 Å². The Labute approximate surface area is 93.2 Å². The molecule has 0 bridgehead atoms. The largest absolute Gasteiger partial charge is 0.480 e. The second-order valence-corrected chi connectivity index (χ2v) is 4.48. The number of aliphatic carboxylic acids is 2. The third-order valence-electron chi connectivity index (χ3n) is 2.18. The minimum atomic E-state index is -2.11. The Morgan fingerprint density at radius 2 is 2.07 bits per heavy atom. The Hall–Kier alpha value is -1.17. The molecule has 1 aliphatic rings. The Kier molecular flexibility index (Phi) is 2.99. The molecule has 2 atom stereocenters. The average Bonchev–Trinajstić information content (AvgIpc) is 2.11. The van der Waals surface area contributed by atoms with Gasteiger partial charge in [0.05, 0.1) is 5.57 Å². The van der Waals surface area contributed by atoms with Gasteiger partial charge >= 0.3 is 11.9 Å². The highest BCUT2D eigenvalue weighted by atomic mass is 79.9. The molecule has 0 aromatic rings. The lowest BCUT2D eigenvalue weighted by molar-refractivity contribution is -0.140. The lowest BCUT2D eigenvalue weighted by atomic mass is 9.88. The van der Waals surface area contributed by atoms with Crippen LogP contribution in [0.2, 0.25) is 0 Å². The van der Waals surface area contributed by atoms with E-state index in [1.165, 1.54) is 13.0 Å². The van der Waals surface area contributed by atoms with Gasteiger partial charge in [-0.25, -0.2) is 9.18 Å². The van der Waals surface area contributed by atoms with E-state index < -0.39 is 28.0 Å². The maximum absolute atomic E-state index is 13.7. The van der Waals surface area contributed by atoms with Gasteiger partial charge in [-0.1, -0.05) is 28.1 Å². The molecule has 1 rings (SSSR count). The van der Waals surface area contributed by atoms with E-state index in [4.69, 9.17) is 10.2 Å². The van der Waals surface area contributed by atoms with Crippen molar-refractivity contribution in [3.63, 3.8) is 0 Å². The number of carboxylic acids is 2. The van der Waals surface area contributed by atoms with Crippen LogP contribution in [0.25, 0.3) is 0 Å². The summed E-state index contributed by atoms with van der Waals surface area (Å²) in [4.78, 5) is 21.5. The van der Waals surface area contributed by atoms with Crippen molar-refractivity contribution in [2.45, 2.75) is 17.4 Å². The second-order valence-electron chi connectivity index (χ2n) is 3.17. The zero-order chi connectivity index (χ0) is 11.8. The zero-order valence-corrected chi connectivity index (χ0v) is 9.28. The molecule has 0 radical (unpaired) electrons. The van der Waals surface area contributed by atoms with Crippen molar-refractivity contribution in [3.8, 4) is 0 Å². The fourth-order valence-electron chi connectivity index (χ4n) is 1.29. The zero-order valence-electron chi connectivity index (χ0n) is 7.70. The van der Waals surface area contributed by atoms with Crippen LogP contribution in [-0.2, 0) is 9.59 Å². The summed E-state index contributed by atoms with van der Waals surface area (Å²) in [5, 5.41) is 17.5. The van der Waals surface area contributed by atoms with Gasteiger partial charge in [-0.2, -0.15) is 0 Å². The molecule has 2 N–H and O–H groups in total. The van der Waals surface area contributed by atoms with Crippen LogP contribution in [0, 0.1) is 0 Å². The molecule has 0 aromatic heterocycles. The number of carboxylic acid groups (broad SMARTS) is 2. The van der Waals surface area contributed by atoms with E-state index in [0.29, 0.717) is 0 Å². The molecule has 2 unspecified atom stereocenters. The van der Waals surface area contributed by atoms with E-state index in [0.717, 1.165) is 6.08 Å². The standard InChI is InChI=1S/C9H8BrFO4/c1-4-2-3-9(10,8(14)15)6(11)5(4)7(12)13/h2-3,6H,1H3,(H,12,13)(H,14,15). The molecule has 0 heterocycles. The van der Waals surface area contributed by atoms with Gasteiger partial charge in [-0.3, -0.25) is 4.79 Å². The molecule has 1 aliphatic carbocycles. The van der Waals surface area contributed by atoms with Gasteiger partial charge in [0, 0.05) is 0 Å². The number of halogens is 2. The number of hydrogen-bond donors (Lipinski definition) is 2. The summed E-state index contributed by atoms with van der Waals surface area (Å²) in [5.41, 5.74) is -0.317. The van der Waals surface area contributed by atoms with Gasteiger partial charge in [0.1, 0.15) is 0 Å². The van der Waals surface area contributed by atoms with Crippen LogP contribution in [0.5, 0.6) is 0 Å². The fraction of sp³-hybridized carbons (Fsp3) is 0.333. The lowest BCUT2D eigenvalue weighted by Gasteiger charge is -2.27. The van der Waals surface area contributed by atoms with E-state index in [-0.39, 0.29) is 5.57 Å². The summed E-state index contributed by atoms with van der Waals surface area (Å²) in [6, 6.07) is 0. The summed E-state index contributed by atoms with van der Waals surface area (Å²) in [6.45, 7) is 1.42. The van der Waals surface area contributed by atoms with Crippen LogP contribution in [0.15, 0.2) is 23.3 Å². The molecule has 6 heteroatoms. The monoisotopic (exact) mass is 278 g/mol. The quantitative estimate of drug-likeness (QED) is 0.751. The van der Waals surface area contributed by atoms with Gasteiger partial charge in [0.2, 0.25) is 0 Å². The first-order valence-electron chi connectivity index (χ1n) is 4.00. The first-order valence-corrected chi connectivity index (χ1v) is 4.79. The first kappa shape index (κ1) is 11.9. The van der Waals surface area contributed by atoms with Crippen molar-refractivity contribution in [2.75, 3.05) is 0 Å². The number of allylic oxidation sites excluding steroid dienone is 2. The molecular formula is C9H8BrFO4. The van der Waals surface area contributed by atoms with Gasteiger partial charge in [0.15, 0.2) is 10.5 Å². The highest BCUT2D eigenvalue weighted by Crippen LogP contribution is 2.37. The Balaban J connectivity index is 3.26. The van der Waals surface area contributed by atoms with Crippen molar-refractivity contribution >= 4 is 27.9 Å². The molecule has 0 aliphatic heterocycles. The second kappa shape index (κ2) is 3.77. The number of hydrogen-bond acceptors (Lipinski definition) is 2. The Morgan fingerprint density at radius 1 is 1.53 bits per heavy atom. The summed E-state index contributed by atoms with van der Waals surface area (Å²) >= 11 is 2.70. The highest BCUT2D eigenvalue weighted by Gasteiger charge is 2.48. The first-order chi connectivity index (χ1) is 6.80. The Bertz CT molecular complexity index is 388. The molecule has 0 fully saturated rings. The summed E-state index contributed by atoms with van der Waals surface area (Å²) in [5.74, 6) is -2.91. The fourth-order valence-corrected chi connectivity index (χ4v) is 1.65. The summed E-state index contributed by atoms with van der Waals surface area (Å²) in [6.07, 6.45) is 0.266. The van der Waals surface area contributed by atoms with Crippen molar-refractivity contribution in [1.29, 1.82) is 0 Å². The van der Waals surface area contributed by atoms with E-state index in [1.807, 2.05) is 0 Å². The highest BCUT2D eigenvalue weighted by molar-refractivity contribution is 9.10. The van der Waals surface area contributed by atoms with Gasteiger partial charge in [-0.15, -0.1) is 0 Å². The van der Waals surface area contributed by atoms with Crippen molar-refractivity contribution < 1.29 is 24.2 Å².